The van der Waals surface area contributed by atoms with Gasteiger partial charge in [-0.25, -0.2) is 9.97 Å². The molecule has 1 aliphatic rings. The van der Waals surface area contributed by atoms with E-state index < -0.39 is 0 Å². The van der Waals surface area contributed by atoms with Gasteiger partial charge < -0.3 is 10.1 Å². The van der Waals surface area contributed by atoms with Gasteiger partial charge in [-0.05, 0) is 43.4 Å². The van der Waals surface area contributed by atoms with Crippen LogP contribution in [0.25, 0.3) is 28.2 Å². The zero-order valence-electron chi connectivity index (χ0n) is 18.9. The summed E-state index contributed by atoms with van der Waals surface area (Å²) in [6.07, 6.45) is 7.51. The molecule has 0 amide bonds. The molecule has 2 aromatic heterocycles. The smallest absolute Gasteiger partial charge is 0.235 e. The van der Waals surface area contributed by atoms with E-state index in [0.717, 1.165) is 28.2 Å². The third-order valence-corrected chi connectivity index (χ3v) is 6.29. The molecule has 1 N–H and O–H groups in total. The highest BCUT2D eigenvalue weighted by atomic mass is 16.5. The van der Waals surface area contributed by atoms with Crippen LogP contribution in [0.5, 0.6) is 0 Å². The predicted molar refractivity (Wildman–Crippen MR) is 130 cm³/mol. The highest BCUT2D eigenvalue weighted by Crippen LogP contribution is 2.40. The summed E-state index contributed by atoms with van der Waals surface area (Å²) in [4.78, 5) is 9.54. The minimum Gasteiger partial charge on any atom is -0.383 e. The fourth-order valence-corrected chi connectivity index (χ4v) is 4.43. The highest BCUT2D eigenvalue weighted by molar-refractivity contribution is 5.91. The van der Waals surface area contributed by atoms with Crippen molar-refractivity contribution in [1.82, 2.24) is 14.4 Å². The fraction of sp³-hybridized carbons (Fsp3) is 0.296. The molecule has 5 nitrogen and oxygen atoms in total. The van der Waals surface area contributed by atoms with Gasteiger partial charge in [-0.1, -0.05) is 55.0 Å². The van der Waals surface area contributed by atoms with Crippen LogP contribution in [0.3, 0.4) is 0 Å². The average Bonchev–Trinajstić information content (AvgIpc) is 3.23. The van der Waals surface area contributed by atoms with Gasteiger partial charge in [-0.3, -0.25) is 4.40 Å². The minimum atomic E-state index is 0.126. The van der Waals surface area contributed by atoms with E-state index in [9.17, 15) is 0 Å². The number of aryl methyl sites for hydroxylation is 1. The van der Waals surface area contributed by atoms with E-state index in [-0.39, 0.29) is 6.04 Å². The zero-order chi connectivity index (χ0) is 22.1. The number of nitrogens with one attached hydrogen (secondary N) is 1. The van der Waals surface area contributed by atoms with Crippen LogP contribution in [0.4, 0.5) is 5.82 Å². The van der Waals surface area contributed by atoms with Gasteiger partial charge >= 0.3 is 0 Å². The predicted octanol–water partition coefficient (Wildman–Crippen LogP) is 5.93. The van der Waals surface area contributed by atoms with E-state index in [0.29, 0.717) is 12.4 Å². The maximum Gasteiger partial charge on any atom is 0.235 e. The fourth-order valence-electron chi connectivity index (χ4n) is 4.43. The molecule has 163 valence electrons. The van der Waals surface area contributed by atoms with Crippen LogP contribution >= 0.6 is 0 Å². The normalized spacial score (nSPS) is 15.0. The first-order valence-electron chi connectivity index (χ1n) is 11.3. The van der Waals surface area contributed by atoms with Crippen LogP contribution in [-0.2, 0) is 4.74 Å². The molecule has 4 aromatic rings. The summed E-state index contributed by atoms with van der Waals surface area (Å²) in [5.74, 6) is 3.23. The van der Waals surface area contributed by atoms with Crippen molar-refractivity contribution in [3.8, 4) is 22.4 Å². The number of hydrogen-bond donors (Lipinski definition) is 1. The summed E-state index contributed by atoms with van der Waals surface area (Å²) in [5, 5.41) is 3.68. The standard InChI is InChI=1S/C27H29N4O/c1-18-7-4-5-10-23(18)24-25(22-13-11-21(12-14-22)20-8-6-9-20)30-27-28-15-16-31(27)26(24)29-19(2)17-32-3/h4-5,7,10-16,19,29H,6,8-9,17H2,1-3H3. The Balaban J connectivity index is 1.72. The lowest BCUT2D eigenvalue weighted by molar-refractivity contribution is 0.190. The number of methoxy groups -OCH3 is 1. The Hall–Kier alpha value is -3.18. The molecule has 1 fully saturated rings. The molecule has 1 aliphatic carbocycles. The number of fused-ring (bicyclic) bond motifs is 1. The van der Waals surface area contributed by atoms with Crippen LogP contribution in [0.2, 0.25) is 0 Å². The molecule has 2 heterocycles. The van der Waals surface area contributed by atoms with E-state index >= 15 is 0 Å². The third kappa shape index (κ3) is 3.78. The van der Waals surface area contributed by atoms with Crippen molar-refractivity contribution in [3.63, 3.8) is 0 Å². The highest BCUT2D eigenvalue weighted by Gasteiger charge is 2.23. The van der Waals surface area contributed by atoms with E-state index in [1.807, 2.05) is 10.6 Å². The lowest BCUT2D eigenvalue weighted by Crippen LogP contribution is -2.23. The second-order valence-electron chi connectivity index (χ2n) is 8.63. The van der Waals surface area contributed by atoms with Crippen LogP contribution in [0.1, 0.15) is 37.3 Å². The second kappa shape index (κ2) is 8.75. The first-order chi connectivity index (χ1) is 15.7. The molecule has 1 unspecified atom stereocenters. The molecular weight excluding hydrogens is 396 g/mol. The summed E-state index contributed by atoms with van der Waals surface area (Å²) in [6, 6.07) is 17.5. The first kappa shape index (κ1) is 20.7. The molecule has 0 saturated heterocycles. The van der Waals surface area contributed by atoms with E-state index in [4.69, 9.17) is 9.72 Å². The van der Waals surface area contributed by atoms with Crippen molar-refractivity contribution >= 4 is 11.6 Å². The largest absolute Gasteiger partial charge is 0.383 e. The van der Waals surface area contributed by atoms with Gasteiger partial charge in [-0.2, -0.15) is 0 Å². The van der Waals surface area contributed by atoms with E-state index in [1.54, 1.807) is 19.2 Å². The topological polar surface area (TPSA) is 51.5 Å². The monoisotopic (exact) mass is 425 g/mol. The van der Waals surface area contributed by atoms with Gasteiger partial charge in [0, 0.05) is 42.6 Å². The maximum atomic E-state index is 5.40. The first-order valence-corrected chi connectivity index (χ1v) is 11.3. The van der Waals surface area contributed by atoms with Crippen molar-refractivity contribution in [2.75, 3.05) is 19.0 Å². The van der Waals surface area contributed by atoms with Crippen LogP contribution in [-0.4, -0.2) is 34.1 Å². The van der Waals surface area contributed by atoms with Crippen molar-refractivity contribution in [2.45, 2.75) is 39.2 Å². The summed E-state index contributed by atoms with van der Waals surface area (Å²) in [7, 11) is 1.73. The number of anilines is 1. The molecule has 2 aromatic carbocycles. The summed E-state index contributed by atoms with van der Waals surface area (Å²) < 4.78 is 7.44. The quantitative estimate of drug-likeness (QED) is 0.399. The number of imidazole rings is 1. The second-order valence-corrected chi connectivity index (χ2v) is 8.63. The molecule has 0 bridgehead atoms. The van der Waals surface area contributed by atoms with Gasteiger partial charge in [0.15, 0.2) is 0 Å². The maximum absolute atomic E-state index is 5.40. The van der Waals surface area contributed by atoms with Crippen LogP contribution in [0.15, 0.2) is 60.9 Å². The van der Waals surface area contributed by atoms with Crippen molar-refractivity contribution < 1.29 is 4.74 Å². The number of hydrogen-bond acceptors (Lipinski definition) is 4. The van der Waals surface area contributed by atoms with Gasteiger partial charge in [0.2, 0.25) is 5.78 Å². The number of aromatic nitrogens is 3. The van der Waals surface area contributed by atoms with E-state index in [1.165, 1.54) is 30.4 Å². The summed E-state index contributed by atoms with van der Waals surface area (Å²) >= 11 is 0. The number of rotatable bonds is 7. The lowest BCUT2D eigenvalue weighted by atomic mass is 9.80. The summed E-state index contributed by atoms with van der Waals surface area (Å²) in [5.41, 5.74) is 6.84. The van der Waals surface area contributed by atoms with Crippen LogP contribution < -0.4 is 5.32 Å². The van der Waals surface area contributed by atoms with E-state index in [2.05, 4.69) is 72.7 Å². The molecule has 0 spiro atoms. The Labute approximate surface area is 189 Å². The number of nitrogens with zero attached hydrogens (tertiary/aromatic N) is 3. The van der Waals surface area contributed by atoms with Gasteiger partial charge in [-0.15, -0.1) is 0 Å². The lowest BCUT2D eigenvalue weighted by Gasteiger charge is -2.25. The Kier molecular flexibility index (Phi) is 5.66. The average molecular weight is 426 g/mol. The molecule has 0 aliphatic heterocycles. The van der Waals surface area contributed by atoms with Gasteiger partial charge in [0.05, 0.1) is 12.3 Å². The molecule has 1 radical (unpaired) electrons. The SMILES string of the molecule is COCC(C)Nc1c(-c2ccccc2C)c(-c2ccc([C]3CCC3)cc2)nc2nccn12. The molecule has 32 heavy (non-hydrogen) atoms. The Morgan fingerprint density at radius 2 is 1.81 bits per heavy atom. The van der Waals surface area contributed by atoms with Gasteiger partial charge in [0.1, 0.15) is 5.82 Å². The number of benzene rings is 2. The molecule has 1 saturated carbocycles. The Bertz CT molecular complexity index is 1220. The molecule has 1 atom stereocenters. The van der Waals surface area contributed by atoms with Crippen LogP contribution in [0, 0.1) is 12.8 Å². The third-order valence-electron chi connectivity index (χ3n) is 6.29. The minimum absolute atomic E-state index is 0.126. The summed E-state index contributed by atoms with van der Waals surface area (Å²) in [6.45, 7) is 4.88. The zero-order valence-corrected chi connectivity index (χ0v) is 18.9. The van der Waals surface area contributed by atoms with Crippen molar-refractivity contribution in [2.24, 2.45) is 0 Å². The van der Waals surface area contributed by atoms with Crippen molar-refractivity contribution in [1.29, 1.82) is 0 Å². The number of ether oxygens (including phenoxy) is 1. The molecular formula is C27H29N4O. The van der Waals surface area contributed by atoms with Crippen molar-refractivity contribution in [3.05, 3.63) is 78.0 Å². The molecule has 5 rings (SSSR count). The molecule has 5 heteroatoms. The van der Waals surface area contributed by atoms with Gasteiger partial charge in [0.25, 0.3) is 0 Å². The Morgan fingerprint density at radius 3 is 2.50 bits per heavy atom. The Morgan fingerprint density at radius 1 is 1.06 bits per heavy atom.